The van der Waals surface area contributed by atoms with Crippen molar-refractivity contribution < 1.29 is 18.3 Å². The normalized spacial score (nSPS) is 13.6. The molecule has 120 valence electrons. The lowest BCUT2D eigenvalue weighted by Crippen LogP contribution is -2.23. The summed E-state index contributed by atoms with van der Waals surface area (Å²) in [5.74, 6) is -1.98. The van der Waals surface area contributed by atoms with Gasteiger partial charge in [-0.05, 0) is 38.9 Å². The molecule has 0 spiro atoms. The van der Waals surface area contributed by atoms with Gasteiger partial charge in [-0.15, -0.1) is 11.8 Å². The summed E-state index contributed by atoms with van der Waals surface area (Å²) >= 11 is 1.53. The lowest BCUT2D eigenvalue weighted by Gasteiger charge is -2.17. The highest BCUT2D eigenvalue weighted by atomic mass is 32.2. The fourth-order valence-corrected chi connectivity index (χ4v) is 2.98. The van der Waals surface area contributed by atoms with Crippen LogP contribution in [0.15, 0.2) is 0 Å². The first-order chi connectivity index (χ1) is 9.32. The van der Waals surface area contributed by atoms with Gasteiger partial charge in [0.25, 0.3) is 0 Å². The lowest BCUT2D eigenvalue weighted by molar-refractivity contribution is -0.146. The molecule has 0 bridgehead atoms. The molecule has 20 heavy (non-hydrogen) atoms. The van der Waals surface area contributed by atoms with Crippen molar-refractivity contribution in [1.29, 1.82) is 0 Å². The molecule has 0 heterocycles. The highest BCUT2D eigenvalue weighted by Crippen LogP contribution is 2.26. The van der Waals surface area contributed by atoms with Crippen LogP contribution >= 0.6 is 11.8 Å². The molecule has 1 unspecified atom stereocenters. The molecule has 0 saturated heterocycles. The Bertz CT molecular complexity index is 271. The standard InChI is InChI=1S/C15H28F2O2S/c1-5-9-13(14(18)19-12(3)4)20-11-8-7-10-15(16,17)6-2/h12-13H,5-11H2,1-4H3. The Balaban J connectivity index is 3.95. The highest BCUT2D eigenvalue weighted by Gasteiger charge is 2.25. The second-order valence-corrected chi connectivity index (χ2v) is 6.61. The van der Waals surface area contributed by atoms with E-state index in [2.05, 4.69) is 0 Å². The summed E-state index contributed by atoms with van der Waals surface area (Å²) in [6.45, 7) is 7.20. The van der Waals surface area contributed by atoms with Gasteiger partial charge in [-0.1, -0.05) is 20.3 Å². The van der Waals surface area contributed by atoms with E-state index < -0.39 is 5.92 Å². The van der Waals surface area contributed by atoms with Crippen molar-refractivity contribution in [1.82, 2.24) is 0 Å². The third-order valence-corrected chi connectivity index (χ3v) is 4.29. The molecular weight excluding hydrogens is 282 g/mol. The number of hydrogen-bond acceptors (Lipinski definition) is 3. The SMILES string of the molecule is CCCC(SCCCCC(F)(F)CC)C(=O)OC(C)C. The van der Waals surface area contributed by atoms with Crippen molar-refractivity contribution in [2.24, 2.45) is 0 Å². The molecule has 0 fully saturated rings. The molecule has 0 aliphatic carbocycles. The van der Waals surface area contributed by atoms with Crippen molar-refractivity contribution in [3.63, 3.8) is 0 Å². The second kappa shape index (κ2) is 10.4. The van der Waals surface area contributed by atoms with Crippen molar-refractivity contribution in [2.75, 3.05) is 5.75 Å². The van der Waals surface area contributed by atoms with E-state index in [4.69, 9.17) is 4.74 Å². The van der Waals surface area contributed by atoms with Gasteiger partial charge >= 0.3 is 5.97 Å². The lowest BCUT2D eigenvalue weighted by atomic mass is 10.1. The molecule has 0 radical (unpaired) electrons. The number of alkyl halides is 2. The number of carbonyl (C=O) groups is 1. The number of halogens is 2. The van der Waals surface area contributed by atoms with Crippen LogP contribution in [-0.4, -0.2) is 29.0 Å². The molecule has 0 aliphatic heterocycles. The van der Waals surface area contributed by atoms with Crippen LogP contribution in [0, 0.1) is 0 Å². The molecule has 0 saturated carbocycles. The van der Waals surface area contributed by atoms with Crippen molar-refractivity contribution in [2.45, 2.75) is 83.5 Å². The van der Waals surface area contributed by atoms with Crippen molar-refractivity contribution >= 4 is 17.7 Å². The van der Waals surface area contributed by atoms with Crippen LogP contribution in [0.2, 0.25) is 0 Å². The monoisotopic (exact) mass is 310 g/mol. The van der Waals surface area contributed by atoms with Gasteiger partial charge in [0.05, 0.1) is 6.10 Å². The summed E-state index contributed by atoms with van der Waals surface area (Å²) in [6.07, 6.45) is 2.66. The number of thioether (sulfide) groups is 1. The van der Waals surface area contributed by atoms with Crippen LogP contribution in [0.4, 0.5) is 8.78 Å². The first kappa shape index (κ1) is 19.7. The molecule has 0 aliphatic rings. The Labute approximate surface area is 126 Å². The first-order valence-corrected chi connectivity index (χ1v) is 8.57. The molecule has 2 nitrogen and oxygen atoms in total. The first-order valence-electron chi connectivity index (χ1n) is 7.52. The number of unbranched alkanes of at least 4 members (excludes halogenated alkanes) is 1. The van der Waals surface area contributed by atoms with E-state index in [0.29, 0.717) is 6.42 Å². The highest BCUT2D eigenvalue weighted by molar-refractivity contribution is 8.00. The maximum absolute atomic E-state index is 13.1. The van der Waals surface area contributed by atoms with Gasteiger partial charge in [-0.3, -0.25) is 4.79 Å². The Hall–Kier alpha value is -0.320. The molecule has 0 aromatic heterocycles. The Kier molecular flexibility index (Phi) is 10.2. The second-order valence-electron chi connectivity index (χ2n) is 5.30. The van der Waals surface area contributed by atoms with Crippen LogP contribution < -0.4 is 0 Å². The van der Waals surface area contributed by atoms with Gasteiger partial charge in [0.1, 0.15) is 5.25 Å². The van der Waals surface area contributed by atoms with E-state index in [1.165, 1.54) is 18.7 Å². The molecule has 0 aromatic rings. The predicted molar refractivity (Wildman–Crippen MR) is 81.5 cm³/mol. The largest absolute Gasteiger partial charge is 0.462 e. The van der Waals surface area contributed by atoms with Crippen LogP contribution in [0.5, 0.6) is 0 Å². The number of carbonyl (C=O) groups excluding carboxylic acids is 1. The molecule has 1 atom stereocenters. The van der Waals surface area contributed by atoms with E-state index in [9.17, 15) is 13.6 Å². The van der Waals surface area contributed by atoms with E-state index in [-0.39, 0.29) is 30.2 Å². The minimum atomic E-state index is -2.54. The summed E-state index contributed by atoms with van der Waals surface area (Å²) < 4.78 is 31.3. The van der Waals surface area contributed by atoms with E-state index in [1.54, 1.807) is 0 Å². The van der Waals surface area contributed by atoms with Gasteiger partial charge in [-0.2, -0.15) is 0 Å². The molecular formula is C15H28F2O2S. The molecule has 0 amide bonds. The Morgan fingerprint density at radius 3 is 2.40 bits per heavy atom. The summed E-state index contributed by atoms with van der Waals surface area (Å²) in [4.78, 5) is 11.8. The quantitative estimate of drug-likeness (QED) is 0.394. The number of esters is 1. The van der Waals surface area contributed by atoms with Crippen LogP contribution in [0.3, 0.4) is 0 Å². The van der Waals surface area contributed by atoms with Gasteiger partial charge in [0, 0.05) is 12.8 Å². The number of hydrogen-bond donors (Lipinski definition) is 0. The maximum Gasteiger partial charge on any atom is 0.319 e. The Morgan fingerprint density at radius 1 is 1.25 bits per heavy atom. The molecule has 0 rings (SSSR count). The van der Waals surface area contributed by atoms with Gasteiger partial charge in [-0.25, -0.2) is 8.78 Å². The topological polar surface area (TPSA) is 26.3 Å². The van der Waals surface area contributed by atoms with E-state index >= 15 is 0 Å². The van der Waals surface area contributed by atoms with E-state index in [1.807, 2.05) is 20.8 Å². The van der Waals surface area contributed by atoms with Gasteiger partial charge < -0.3 is 4.74 Å². The number of rotatable bonds is 11. The third-order valence-electron chi connectivity index (χ3n) is 2.94. The minimum Gasteiger partial charge on any atom is -0.462 e. The summed E-state index contributed by atoms with van der Waals surface area (Å²) in [7, 11) is 0. The summed E-state index contributed by atoms with van der Waals surface area (Å²) in [5.41, 5.74) is 0. The average Bonchev–Trinajstić information content (AvgIpc) is 2.36. The van der Waals surface area contributed by atoms with E-state index in [0.717, 1.165) is 25.0 Å². The number of ether oxygens (including phenoxy) is 1. The molecule has 0 N–H and O–H groups in total. The fourth-order valence-electron chi connectivity index (χ4n) is 1.73. The van der Waals surface area contributed by atoms with Gasteiger partial charge in [0.2, 0.25) is 5.92 Å². The third kappa shape index (κ3) is 9.56. The predicted octanol–water partition coefficient (Wildman–Crippen LogP) is 5.06. The summed E-state index contributed by atoms with van der Waals surface area (Å²) in [6, 6.07) is 0. The molecule has 0 aromatic carbocycles. The Morgan fingerprint density at radius 2 is 1.90 bits per heavy atom. The van der Waals surface area contributed by atoms with Gasteiger partial charge in [0.15, 0.2) is 0 Å². The minimum absolute atomic E-state index is 0.0566. The van der Waals surface area contributed by atoms with Crippen LogP contribution in [-0.2, 0) is 9.53 Å². The average molecular weight is 310 g/mol. The zero-order valence-electron chi connectivity index (χ0n) is 13.1. The summed E-state index contributed by atoms with van der Waals surface area (Å²) in [5, 5.41) is -0.158. The van der Waals surface area contributed by atoms with Crippen LogP contribution in [0.25, 0.3) is 0 Å². The fraction of sp³-hybridized carbons (Fsp3) is 0.933. The molecule has 5 heteroatoms. The maximum atomic E-state index is 13.1. The van der Waals surface area contributed by atoms with Crippen LogP contribution in [0.1, 0.15) is 66.2 Å². The van der Waals surface area contributed by atoms with Crippen molar-refractivity contribution in [3.8, 4) is 0 Å². The van der Waals surface area contributed by atoms with Crippen molar-refractivity contribution in [3.05, 3.63) is 0 Å². The zero-order valence-corrected chi connectivity index (χ0v) is 13.9. The zero-order chi connectivity index (χ0) is 15.6. The smallest absolute Gasteiger partial charge is 0.319 e.